The molecule has 0 bridgehead atoms. The van der Waals surface area contributed by atoms with Crippen LogP contribution in [0, 0.1) is 6.92 Å². The van der Waals surface area contributed by atoms with Gasteiger partial charge in [-0.2, -0.15) is 0 Å². The van der Waals surface area contributed by atoms with Gasteiger partial charge in [-0.1, -0.05) is 0 Å². The molecule has 1 aliphatic rings. The molecule has 1 heterocycles. The van der Waals surface area contributed by atoms with E-state index in [9.17, 15) is 5.11 Å². The molecular weight excluding hydrogens is 212 g/mol. The number of aliphatic hydroxyl groups is 1. The van der Waals surface area contributed by atoms with Crippen LogP contribution in [0.2, 0.25) is 0 Å². The van der Waals surface area contributed by atoms with Crippen molar-refractivity contribution in [3.05, 3.63) is 23.8 Å². The first kappa shape index (κ1) is 12.2. The largest absolute Gasteiger partial charge is 0.399 e. The Morgan fingerprint density at radius 1 is 1.24 bits per heavy atom. The zero-order valence-electron chi connectivity index (χ0n) is 10.5. The summed E-state index contributed by atoms with van der Waals surface area (Å²) in [6.45, 7) is 4.05. The van der Waals surface area contributed by atoms with E-state index < -0.39 is 0 Å². The predicted molar refractivity (Wildman–Crippen MR) is 72.3 cm³/mol. The van der Waals surface area contributed by atoms with E-state index in [1.54, 1.807) is 0 Å². The number of nitrogens with zero attached hydrogens (tertiary/aromatic N) is 1. The first-order valence-corrected chi connectivity index (χ1v) is 6.46. The zero-order chi connectivity index (χ0) is 12.3. The smallest absolute Gasteiger partial charge is 0.0557 e. The molecule has 2 rings (SSSR count). The summed E-state index contributed by atoms with van der Waals surface area (Å²) in [5, 5.41) is 9.73. The van der Waals surface area contributed by atoms with Crippen LogP contribution in [0.4, 0.5) is 11.4 Å². The minimum atomic E-state index is -0.132. The summed E-state index contributed by atoms with van der Waals surface area (Å²) in [7, 11) is 0. The fourth-order valence-electron chi connectivity index (χ4n) is 2.36. The van der Waals surface area contributed by atoms with Gasteiger partial charge in [0.25, 0.3) is 0 Å². The van der Waals surface area contributed by atoms with Crippen LogP contribution in [0.25, 0.3) is 0 Å². The van der Waals surface area contributed by atoms with Crippen molar-refractivity contribution in [3.63, 3.8) is 0 Å². The second-order valence-electron chi connectivity index (χ2n) is 4.97. The highest BCUT2D eigenvalue weighted by atomic mass is 16.3. The minimum Gasteiger partial charge on any atom is -0.399 e. The summed E-state index contributed by atoms with van der Waals surface area (Å²) < 4.78 is 0. The molecule has 0 radical (unpaired) electrons. The third-order valence-electron chi connectivity index (χ3n) is 3.57. The molecule has 3 heteroatoms. The third kappa shape index (κ3) is 3.13. The fourth-order valence-corrected chi connectivity index (χ4v) is 2.36. The van der Waals surface area contributed by atoms with Crippen LogP contribution in [0.5, 0.6) is 0 Å². The van der Waals surface area contributed by atoms with Gasteiger partial charge in [-0.15, -0.1) is 0 Å². The molecule has 1 aromatic rings. The van der Waals surface area contributed by atoms with Crippen LogP contribution in [0.3, 0.4) is 0 Å². The number of aryl methyl sites for hydroxylation is 1. The van der Waals surface area contributed by atoms with Gasteiger partial charge in [0.2, 0.25) is 0 Å². The SMILES string of the molecule is Cc1cc(N2CCCCC(O)CC2)ccc1N. The molecule has 1 saturated heterocycles. The molecule has 1 aromatic carbocycles. The molecule has 1 fully saturated rings. The van der Waals surface area contributed by atoms with Crippen molar-refractivity contribution in [1.29, 1.82) is 0 Å². The van der Waals surface area contributed by atoms with E-state index in [1.165, 1.54) is 5.69 Å². The van der Waals surface area contributed by atoms with Gasteiger partial charge in [-0.25, -0.2) is 0 Å². The summed E-state index contributed by atoms with van der Waals surface area (Å²) in [5.41, 5.74) is 9.04. The normalized spacial score (nSPS) is 22.0. The number of rotatable bonds is 1. The molecule has 1 aliphatic heterocycles. The summed E-state index contributed by atoms with van der Waals surface area (Å²) in [6, 6.07) is 6.19. The third-order valence-corrected chi connectivity index (χ3v) is 3.57. The Balaban J connectivity index is 2.10. The van der Waals surface area contributed by atoms with Crippen molar-refractivity contribution in [1.82, 2.24) is 0 Å². The van der Waals surface area contributed by atoms with E-state index >= 15 is 0 Å². The van der Waals surface area contributed by atoms with E-state index in [-0.39, 0.29) is 6.10 Å². The second-order valence-corrected chi connectivity index (χ2v) is 4.97. The number of aliphatic hydroxyl groups excluding tert-OH is 1. The Kier molecular flexibility index (Phi) is 3.89. The summed E-state index contributed by atoms with van der Waals surface area (Å²) in [5.74, 6) is 0. The Bertz CT molecular complexity index is 378. The Morgan fingerprint density at radius 3 is 2.82 bits per heavy atom. The number of hydrogen-bond acceptors (Lipinski definition) is 3. The number of benzene rings is 1. The van der Waals surface area contributed by atoms with Crippen LogP contribution in [0.1, 0.15) is 31.2 Å². The monoisotopic (exact) mass is 234 g/mol. The lowest BCUT2D eigenvalue weighted by atomic mass is 10.0. The van der Waals surface area contributed by atoms with Crippen molar-refractivity contribution in [3.8, 4) is 0 Å². The summed E-state index contributed by atoms with van der Waals surface area (Å²) >= 11 is 0. The van der Waals surface area contributed by atoms with E-state index in [0.717, 1.165) is 50.0 Å². The van der Waals surface area contributed by atoms with Crippen LogP contribution < -0.4 is 10.6 Å². The van der Waals surface area contributed by atoms with Gasteiger partial charge in [0.15, 0.2) is 0 Å². The molecule has 1 atom stereocenters. The molecule has 0 spiro atoms. The molecular formula is C14H22N2O. The topological polar surface area (TPSA) is 49.5 Å². The summed E-state index contributed by atoms with van der Waals surface area (Å²) in [4.78, 5) is 2.36. The minimum absolute atomic E-state index is 0.132. The lowest BCUT2D eigenvalue weighted by molar-refractivity contribution is 0.149. The van der Waals surface area contributed by atoms with Gasteiger partial charge >= 0.3 is 0 Å². The zero-order valence-corrected chi connectivity index (χ0v) is 10.5. The lowest BCUT2D eigenvalue weighted by Crippen LogP contribution is -2.30. The average Bonchev–Trinajstić information content (AvgIpc) is 2.28. The van der Waals surface area contributed by atoms with Crippen molar-refractivity contribution >= 4 is 11.4 Å². The highest BCUT2D eigenvalue weighted by Gasteiger charge is 2.14. The van der Waals surface area contributed by atoms with Crippen LogP contribution in [-0.4, -0.2) is 24.3 Å². The van der Waals surface area contributed by atoms with Gasteiger partial charge in [-0.3, -0.25) is 0 Å². The van der Waals surface area contributed by atoms with Gasteiger partial charge in [0.1, 0.15) is 0 Å². The Morgan fingerprint density at radius 2 is 2.06 bits per heavy atom. The van der Waals surface area contributed by atoms with E-state index in [2.05, 4.69) is 17.0 Å². The number of nitrogen functional groups attached to an aromatic ring is 1. The van der Waals surface area contributed by atoms with Crippen molar-refractivity contribution in [2.45, 2.75) is 38.7 Å². The maximum Gasteiger partial charge on any atom is 0.0557 e. The van der Waals surface area contributed by atoms with Gasteiger partial charge < -0.3 is 15.7 Å². The van der Waals surface area contributed by atoms with Crippen molar-refractivity contribution < 1.29 is 5.11 Å². The Hall–Kier alpha value is -1.22. The van der Waals surface area contributed by atoms with E-state index in [1.807, 2.05) is 13.0 Å². The average molecular weight is 234 g/mol. The molecule has 0 amide bonds. The lowest BCUT2D eigenvalue weighted by Gasteiger charge is -2.29. The van der Waals surface area contributed by atoms with Gasteiger partial charge in [0, 0.05) is 24.5 Å². The molecule has 3 nitrogen and oxygen atoms in total. The first-order valence-electron chi connectivity index (χ1n) is 6.46. The maximum absolute atomic E-state index is 9.73. The molecule has 3 N–H and O–H groups in total. The van der Waals surface area contributed by atoms with Gasteiger partial charge in [0.05, 0.1) is 6.10 Å². The first-order chi connectivity index (χ1) is 8.16. The van der Waals surface area contributed by atoms with Crippen molar-refractivity contribution in [2.24, 2.45) is 0 Å². The van der Waals surface area contributed by atoms with Crippen LogP contribution in [0.15, 0.2) is 18.2 Å². The predicted octanol–water partition coefficient (Wildman–Crippen LogP) is 2.32. The molecule has 0 aromatic heterocycles. The quantitative estimate of drug-likeness (QED) is 0.733. The number of anilines is 2. The fraction of sp³-hybridized carbons (Fsp3) is 0.571. The number of hydrogen-bond donors (Lipinski definition) is 2. The van der Waals surface area contributed by atoms with E-state index in [0.29, 0.717) is 0 Å². The van der Waals surface area contributed by atoms with Crippen molar-refractivity contribution in [2.75, 3.05) is 23.7 Å². The second kappa shape index (κ2) is 5.41. The van der Waals surface area contributed by atoms with Crippen LogP contribution in [-0.2, 0) is 0 Å². The molecule has 17 heavy (non-hydrogen) atoms. The highest BCUT2D eigenvalue weighted by molar-refractivity contribution is 5.58. The van der Waals surface area contributed by atoms with E-state index in [4.69, 9.17) is 5.73 Å². The number of nitrogens with two attached hydrogens (primary N) is 1. The summed E-state index contributed by atoms with van der Waals surface area (Å²) in [6.07, 6.45) is 3.96. The Labute approximate surface area is 103 Å². The molecule has 0 saturated carbocycles. The van der Waals surface area contributed by atoms with Gasteiger partial charge in [-0.05, 0) is 56.4 Å². The molecule has 0 aliphatic carbocycles. The molecule has 94 valence electrons. The maximum atomic E-state index is 9.73. The standard InChI is InChI=1S/C14H22N2O/c1-11-10-12(5-6-14(11)15)16-8-3-2-4-13(17)7-9-16/h5-6,10,13,17H,2-4,7-9,15H2,1H3. The highest BCUT2D eigenvalue weighted by Crippen LogP contribution is 2.23. The van der Waals surface area contributed by atoms with Crippen LogP contribution >= 0.6 is 0 Å². The molecule has 1 unspecified atom stereocenters.